The first-order valence-electron chi connectivity index (χ1n) is 19.6. The molecule has 3 aliphatic rings. The molecule has 3 rings (SSSR count). The molecule has 6 heteroatoms. The predicted molar refractivity (Wildman–Crippen MR) is 214 cm³/mol. The minimum absolute atomic E-state index is 0.00311. The Morgan fingerprint density at radius 1 is 0.809 bits per heavy atom. The van der Waals surface area contributed by atoms with E-state index in [4.69, 9.17) is 13.3 Å². The zero-order valence-corrected chi connectivity index (χ0v) is 37.5. The molecule has 3 saturated carbocycles. The second-order valence-electron chi connectivity index (χ2n) is 21.2. The van der Waals surface area contributed by atoms with Gasteiger partial charge in [-0.15, -0.1) is 0 Å². The van der Waals surface area contributed by atoms with E-state index in [9.17, 15) is 0 Å². The van der Waals surface area contributed by atoms with Crippen LogP contribution in [0, 0.1) is 23.2 Å². The third kappa shape index (κ3) is 11.0. The molecule has 0 aromatic heterocycles. The Hall–Kier alpha value is 0.0106. The SMILES string of the molecule is C[C@H](CCCC(C)(C)O[Si](C)(C)C)[C@H]1CC[C@H]2/C(=C/C=C3C[C@@H](O[Si](C)(C)C(C)(C)C)C[C@@H](O[Si](C)(C)C(C)(C)C)C3)CCC[C@]12C. The summed E-state index contributed by atoms with van der Waals surface area (Å²) in [4.78, 5) is 0. The molecule has 0 spiro atoms. The maximum absolute atomic E-state index is 7.11. The number of rotatable bonds is 12. The summed E-state index contributed by atoms with van der Waals surface area (Å²) in [6.07, 6.45) is 19.4. The molecule has 47 heavy (non-hydrogen) atoms. The van der Waals surface area contributed by atoms with E-state index in [1.54, 1.807) is 11.1 Å². The van der Waals surface area contributed by atoms with Gasteiger partial charge < -0.3 is 13.3 Å². The third-order valence-electron chi connectivity index (χ3n) is 13.3. The van der Waals surface area contributed by atoms with E-state index < -0.39 is 25.0 Å². The van der Waals surface area contributed by atoms with Crippen molar-refractivity contribution in [3.05, 3.63) is 23.3 Å². The Balaban J connectivity index is 1.77. The van der Waals surface area contributed by atoms with Crippen LogP contribution in [0.4, 0.5) is 0 Å². The molecule has 3 nitrogen and oxygen atoms in total. The molecule has 0 amide bonds. The molecule has 6 atom stereocenters. The summed E-state index contributed by atoms with van der Waals surface area (Å²) in [6.45, 7) is 40.7. The van der Waals surface area contributed by atoms with Gasteiger partial charge in [0.2, 0.25) is 0 Å². The number of fused-ring (bicyclic) bond motifs is 1. The Kier molecular flexibility index (Phi) is 13.2. The van der Waals surface area contributed by atoms with Crippen LogP contribution in [0.25, 0.3) is 0 Å². The number of hydrogen-bond donors (Lipinski definition) is 0. The van der Waals surface area contributed by atoms with E-state index in [2.05, 4.69) is 127 Å². The van der Waals surface area contributed by atoms with Crippen LogP contribution in [0.5, 0.6) is 0 Å². The van der Waals surface area contributed by atoms with Crippen LogP contribution in [0.15, 0.2) is 23.3 Å². The minimum Gasteiger partial charge on any atom is -0.414 e. The topological polar surface area (TPSA) is 27.7 Å². The normalized spacial score (nSPS) is 31.0. The van der Waals surface area contributed by atoms with Crippen molar-refractivity contribution in [3.8, 4) is 0 Å². The fraction of sp³-hybridized carbons (Fsp3) is 0.902. The summed E-state index contributed by atoms with van der Waals surface area (Å²) < 4.78 is 20.7. The lowest BCUT2D eigenvalue weighted by Crippen LogP contribution is -2.48. The van der Waals surface area contributed by atoms with Crippen LogP contribution in [0.3, 0.4) is 0 Å². The fourth-order valence-corrected chi connectivity index (χ4v) is 13.5. The molecule has 0 bridgehead atoms. The van der Waals surface area contributed by atoms with Gasteiger partial charge in [-0.05, 0) is 151 Å². The average molecular weight is 705 g/mol. The van der Waals surface area contributed by atoms with Crippen molar-refractivity contribution >= 4 is 25.0 Å². The third-order valence-corrected chi connectivity index (χ3v) is 23.6. The number of allylic oxidation sites excluding steroid dienone is 3. The molecule has 0 saturated heterocycles. The largest absolute Gasteiger partial charge is 0.414 e. The highest BCUT2D eigenvalue weighted by Crippen LogP contribution is 2.60. The first-order chi connectivity index (χ1) is 21.2. The van der Waals surface area contributed by atoms with Crippen LogP contribution in [-0.2, 0) is 13.3 Å². The van der Waals surface area contributed by atoms with Crippen molar-refractivity contribution in [1.82, 2.24) is 0 Å². The van der Waals surface area contributed by atoms with Gasteiger partial charge in [-0.2, -0.15) is 0 Å². The summed E-state index contributed by atoms with van der Waals surface area (Å²) in [5.74, 6) is 2.36. The molecule has 0 radical (unpaired) electrons. The Labute approximate surface area is 297 Å². The fourth-order valence-electron chi connectivity index (χ4n) is 9.00. The zero-order valence-electron chi connectivity index (χ0n) is 34.5. The monoisotopic (exact) mass is 705 g/mol. The molecule has 0 aromatic carbocycles. The highest BCUT2D eigenvalue weighted by atomic mass is 28.4. The van der Waals surface area contributed by atoms with Gasteiger partial charge in [0, 0.05) is 0 Å². The van der Waals surface area contributed by atoms with Crippen LogP contribution in [-0.4, -0.2) is 42.8 Å². The van der Waals surface area contributed by atoms with Gasteiger partial charge in [-0.3, -0.25) is 0 Å². The standard InChI is InChI=1S/C41H80O3Si3/c1-31(20-18-26-40(8,9)44-45(11,12)13)36-24-25-37-33(21-19-27-41(36,37)10)23-22-32-28-34(42-46(14,15)38(2,3)4)30-35(29-32)43-47(16,17)39(5,6)7/h22-23,31,34-37H,18-21,24-30H2,1-17H3/b32-22?,33-23+/t31-,34-,35+,36-,37+,41-/m1/s1. The van der Waals surface area contributed by atoms with E-state index in [-0.39, 0.29) is 27.9 Å². The highest BCUT2D eigenvalue weighted by molar-refractivity contribution is 6.74. The van der Waals surface area contributed by atoms with Crippen LogP contribution in [0.2, 0.25) is 55.9 Å². The Bertz CT molecular complexity index is 1060. The van der Waals surface area contributed by atoms with Crippen LogP contribution < -0.4 is 0 Å². The van der Waals surface area contributed by atoms with Crippen molar-refractivity contribution in [2.24, 2.45) is 23.2 Å². The van der Waals surface area contributed by atoms with E-state index in [1.165, 1.54) is 51.4 Å². The van der Waals surface area contributed by atoms with Crippen LogP contribution in [0.1, 0.15) is 140 Å². The smallest absolute Gasteiger partial charge is 0.192 e. The van der Waals surface area contributed by atoms with Crippen LogP contribution >= 0.6 is 0 Å². The molecule has 0 aromatic rings. The van der Waals surface area contributed by atoms with Crippen molar-refractivity contribution in [2.75, 3.05) is 0 Å². The lowest BCUT2D eigenvalue weighted by atomic mass is 9.60. The molecule has 3 aliphatic carbocycles. The lowest BCUT2D eigenvalue weighted by molar-refractivity contribution is 0.0718. The van der Waals surface area contributed by atoms with Crippen molar-refractivity contribution in [3.63, 3.8) is 0 Å². The molecular weight excluding hydrogens is 625 g/mol. The van der Waals surface area contributed by atoms with Gasteiger partial charge in [-0.1, -0.05) is 91.5 Å². The van der Waals surface area contributed by atoms with E-state index in [0.717, 1.165) is 37.0 Å². The molecule has 0 unspecified atom stereocenters. The van der Waals surface area contributed by atoms with Gasteiger partial charge >= 0.3 is 0 Å². The summed E-state index contributed by atoms with van der Waals surface area (Å²) in [7, 11) is -5.27. The van der Waals surface area contributed by atoms with Gasteiger partial charge in [0.05, 0.1) is 17.8 Å². The Morgan fingerprint density at radius 3 is 1.83 bits per heavy atom. The molecule has 3 fully saturated rings. The predicted octanol–water partition coefficient (Wildman–Crippen LogP) is 13.5. The quantitative estimate of drug-likeness (QED) is 0.189. The van der Waals surface area contributed by atoms with Gasteiger partial charge in [0.15, 0.2) is 25.0 Å². The van der Waals surface area contributed by atoms with Gasteiger partial charge in [0.1, 0.15) is 0 Å². The van der Waals surface area contributed by atoms with E-state index in [1.807, 2.05) is 0 Å². The summed E-state index contributed by atoms with van der Waals surface area (Å²) in [6, 6.07) is 0. The molecule has 274 valence electrons. The second kappa shape index (κ2) is 14.9. The van der Waals surface area contributed by atoms with Crippen molar-refractivity contribution in [1.29, 1.82) is 0 Å². The number of hydrogen-bond acceptors (Lipinski definition) is 3. The summed E-state index contributed by atoms with van der Waals surface area (Å²) in [5.41, 5.74) is 3.73. The van der Waals surface area contributed by atoms with Gasteiger partial charge in [0.25, 0.3) is 0 Å². The maximum atomic E-state index is 7.11. The van der Waals surface area contributed by atoms with Crippen molar-refractivity contribution in [2.45, 2.75) is 214 Å². The summed E-state index contributed by atoms with van der Waals surface area (Å²) in [5, 5.41) is 0.430. The molecule has 0 N–H and O–H groups in total. The maximum Gasteiger partial charge on any atom is 0.192 e. The zero-order chi connectivity index (χ0) is 35.9. The molecule has 0 aliphatic heterocycles. The minimum atomic E-state index is -1.87. The van der Waals surface area contributed by atoms with Gasteiger partial charge in [-0.25, -0.2) is 0 Å². The highest BCUT2D eigenvalue weighted by Gasteiger charge is 2.50. The van der Waals surface area contributed by atoms with E-state index >= 15 is 0 Å². The van der Waals surface area contributed by atoms with E-state index in [0.29, 0.717) is 5.41 Å². The summed E-state index contributed by atoms with van der Waals surface area (Å²) >= 11 is 0. The molecule has 0 heterocycles. The van der Waals surface area contributed by atoms with Crippen molar-refractivity contribution < 1.29 is 13.3 Å². The lowest BCUT2D eigenvalue weighted by Gasteiger charge is -2.45. The average Bonchev–Trinajstić information content (AvgIpc) is 3.21. The Morgan fingerprint density at radius 2 is 1.34 bits per heavy atom. The first-order valence-corrected chi connectivity index (χ1v) is 28.8. The second-order valence-corrected chi connectivity index (χ2v) is 35.1. The molecular formula is C41H80O3Si3. The first kappa shape index (κ1) is 41.4.